The number of esters is 1. The molecule has 0 aliphatic rings. The molecule has 0 amide bonds. The second-order valence-electron chi connectivity index (χ2n) is 4.81. The maximum atomic E-state index is 13.3. The predicted octanol–water partition coefficient (Wildman–Crippen LogP) is 2.24. The van der Waals surface area contributed by atoms with Crippen LogP contribution in [0.15, 0.2) is 30.7 Å². The molecule has 1 aromatic carbocycles. The standard InChI is InChI=1S/C15H13FN4O3/c1-9-5-10(3-4-12(9)16)23-15-11-6-19-20(7-13(21)22-2)14(11)17-8-18-15/h3-6,8H,7H2,1-2H3. The molecule has 0 atom stereocenters. The zero-order chi connectivity index (χ0) is 16.4. The van der Waals surface area contributed by atoms with E-state index in [2.05, 4.69) is 19.8 Å². The van der Waals surface area contributed by atoms with Gasteiger partial charge in [-0.15, -0.1) is 0 Å². The fraction of sp³-hybridized carbons (Fsp3) is 0.200. The maximum Gasteiger partial charge on any atom is 0.327 e. The summed E-state index contributed by atoms with van der Waals surface area (Å²) in [5.41, 5.74) is 0.911. The fourth-order valence-corrected chi connectivity index (χ4v) is 2.05. The Labute approximate surface area is 130 Å². The van der Waals surface area contributed by atoms with E-state index in [1.54, 1.807) is 13.0 Å². The highest BCUT2D eigenvalue weighted by atomic mass is 19.1. The van der Waals surface area contributed by atoms with Crippen molar-refractivity contribution in [2.24, 2.45) is 0 Å². The van der Waals surface area contributed by atoms with Gasteiger partial charge in [0.2, 0.25) is 5.88 Å². The van der Waals surface area contributed by atoms with E-state index in [9.17, 15) is 9.18 Å². The molecular formula is C15H13FN4O3. The highest BCUT2D eigenvalue weighted by molar-refractivity contribution is 5.81. The van der Waals surface area contributed by atoms with Gasteiger partial charge in [-0.1, -0.05) is 0 Å². The molecule has 118 valence electrons. The van der Waals surface area contributed by atoms with E-state index in [-0.39, 0.29) is 18.2 Å². The van der Waals surface area contributed by atoms with Crippen LogP contribution < -0.4 is 4.74 Å². The van der Waals surface area contributed by atoms with Crippen molar-refractivity contribution in [2.75, 3.05) is 7.11 Å². The van der Waals surface area contributed by atoms with Crippen LogP contribution in [0.4, 0.5) is 4.39 Å². The number of benzene rings is 1. The molecule has 0 N–H and O–H groups in total. The number of hydrogen-bond donors (Lipinski definition) is 0. The fourth-order valence-electron chi connectivity index (χ4n) is 2.05. The molecule has 0 aliphatic carbocycles. The summed E-state index contributed by atoms with van der Waals surface area (Å²) in [6, 6.07) is 4.40. The second kappa shape index (κ2) is 5.99. The maximum absolute atomic E-state index is 13.3. The van der Waals surface area contributed by atoms with Gasteiger partial charge in [0, 0.05) is 0 Å². The third kappa shape index (κ3) is 2.96. The lowest BCUT2D eigenvalue weighted by Gasteiger charge is -2.07. The van der Waals surface area contributed by atoms with E-state index < -0.39 is 5.97 Å². The van der Waals surface area contributed by atoms with Crippen LogP contribution in [0, 0.1) is 12.7 Å². The summed E-state index contributed by atoms with van der Waals surface area (Å²) < 4.78 is 25.0. The number of halogens is 1. The molecule has 7 nitrogen and oxygen atoms in total. The average Bonchev–Trinajstić information content (AvgIpc) is 2.95. The highest BCUT2D eigenvalue weighted by Gasteiger charge is 2.14. The smallest absolute Gasteiger partial charge is 0.327 e. The van der Waals surface area contributed by atoms with Crippen molar-refractivity contribution in [1.82, 2.24) is 19.7 Å². The number of carbonyl (C=O) groups excluding carboxylic acids is 1. The normalized spacial score (nSPS) is 10.7. The van der Waals surface area contributed by atoms with Crippen molar-refractivity contribution < 1.29 is 18.7 Å². The minimum atomic E-state index is -0.440. The number of fused-ring (bicyclic) bond motifs is 1. The third-order valence-electron chi connectivity index (χ3n) is 3.25. The second-order valence-corrected chi connectivity index (χ2v) is 4.81. The zero-order valence-corrected chi connectivity index (χ0v) is 12.5. The topological polar surface area (TPSA) is 79.1 Å². The predicted molar refractivity (Wildman–Crippen MR) is 78.6 cm³/mol. The molecule has 3 aromatic rings. The first-order valence-corrected chi connectivity index (χ1v) is 6.76. The van der Waals surface area contributed by atoms with Crippen LogP contribution in [-0.2, 0) is 16.1 Å². The van der Waals surface area contributed by atoms with E-state index in [1.807, 2.05) is 0 Å². The number of methoxy groups -OCH3 is 1. The van der Waals surface area contributed by atoms with Gasteiger partial charge in [-0.2, -0.15) is 5.10 Å². The summed E-state index contributed by atoms with van der Waals surface area (Å²) in [4.78, 5) is 19.5. The molecular weight excluding hydrogens is 303 g/mol. The van der Waals surface area contributed by atoms with E-state index in [1.165, 1.54) is 36.4 Å². The van der Waals surface area contributed by atoms with Gasteiger partial charge in [-0.05, 0) is 30.7 Å². The molecule has 0 saturated carbocycles. The van der Waals surface area contributed by atoms with Crippen molar-refractivity contribution in [3.05, 3.63) is 42.1 Å². The van der Waals surface area contributed by atoms with E-state index in [4.69, 9.17) is 4.74 Å². The number of rotatable bonds is 4. The third-order valence-corrected chi connectivity index (χ3v) is 3.25. The Balaban J connectivity index is 1.95. The molecule has 0 saturated heterocycles. The lowest BCUT2D eigenvalue weighted by atomic mass is 10.2. The Kier molecular flexibility index (Phi) is 3.88. The first-order chi connectivity index (χ1) is 11.1. The molecule has 2 heterocycles. The van der Waals surface area contributed by atoms with Gasteiger partial charge >= 0.3 is 5.97 Å². The largest absolute Gasteiger partial charge is 0.468 e. The Bertz CT molecular complexity index is 878. The Hall–Kier alpha value is -3.03. The van der Waals surface area contributed by atoms with Gasteiger partial charge in [0.05, 0.1) is 13.3 Å². The van der Waals surface area contributed by atoms with Gasteiger partial charge in [-0.3, -0.25) is 4.79 Å². The van der Waals surface area contributed by atoms with Crippen molar-refractivity contribution in [3.8, 4) is 11.6 Å². The van der Waals surface area contributed by atoms with Crippen LogP contribution in [0.3, 0.4) is 0 Å². The van der Waals surface area contributed by atoms with Crippen LogP contribution in [0.1, 0.15) is 5.56 Å². The number of hydrogen-bond acceptors (Lipinski definition) is 6. The molecule has 0 spiro atoms. The molecule has 23 heavy (non-hydrogen) atoms. The van der Waals surface area contributed by atoms with Crippen molar-refractivity contribution >= 4 is 17.0 Å². The van der Waals surface area contributed by atoms with Crippen molar-refractivity contribution in [3.63, 3.8) is 0 Å². The lowest BCUT2D eigenvalue weighted by Crippen LogP contribution is -2.12. The summed E-state index contributed by atoms with van der Waals surface area (Å²) in [7, 11) is 1.30. The van der Waals surface area contributed by atoms with E-state index in [0.717, 1.165) is 0 Å². The molecule has 2 aromatic heterocycles. The van der Waals surface area contributed by atoms with Crippen molar-refractivity contribution in [2.45, 2.75) is 13.5 Å². The molecule has 0 aliphatic heterocycles. The van der Waals surface area contributed by atoms with Gasteiger partial charge < -0.3 is 9.47 Å². The molecule has 0 radical (unpaired) electrons. The summed E-state index contributed by atoms with van der Waals surface area (Å²) >= 11 is 0. The number of ether oxygens (including phenoxy) is 2. The minimum Gasteiger partial charge on any atom is -0.468 e. The Morgan fingerprint density at radius 2 is 2.17 bits per heavy atom. The van der Waals surface area contributed by atoms with Crippen LogP contribution in [0.2, 0.25) is 0 Å². The van der Waals surface area contributed by atoms with Crippen LogP contribution >= 0.6 is 0 Å². The molecule has 8 heteroatoms. The quantitative estimate of drug-likeness (QED) is 0.687. The Morgan fingerprint density at radius 1 is 1.35 bits per heavy atom. The summed E-state index contributed by atoms with van der Waals surface area (Å²) in [5, 5.41) is 4.63. The van der Waals surface area contributed by atoms with Crippen LogP contribution in [0.25, 0.3) is 11.0 Å². The highest BCUT2D eigenvalue weighted by Crippen LogP contribution is 2.27. The number of nitrogens with zero attached hydrogens (tertiary/aromatic N) is 4. The number of carbonyl (C=O) groups is 1. The van der Waals surface area contributed by atoms with Crippen LogP contribution in [-0.4, -0.2) is 32.8 Å². The molecule has 3 rings (SSSR count). The molecule has 0 fully saturated rings. The van der Waals surface area contributed by atoms with Gasteiger partial charge in [0.25, 0.3) is 0 Å². The summed E-state index contributed by atoms with van der Waals surface area (Å²) in [5.74, 6) is -0.0249. The SMILES string of the molecule is COC(=O)Cn1ncc2c(Oc3ccc(F)c(C)c3)ncnc21. The van der Waals surface area contributed by atoms with Gasteiger partial charge in [0.1, 0.15) is 29.8 Å². The molecule has 0 unspecified atom stereocenters. The van der Waals surface area contributed by atoms with Gasteiger partial charge in [0.15, 0.2) is 5.65 Å². The van der Waals surface area contributed by atoms with E-state index in [0.29, 0.717) is 22.3 Å². The molecule has 0 bridgehead atoms. The lowest BCUT2D eigenvalue weighted by molar-refractivity contribution is -0.141. The first kappa shape index (κ1) is 14.9. The monoisotopic (exact) mass is 316 g/mol. The number of aromatic nitrogens is 4. The summed E-state index contributed by atoms with van der Waals surface area (Å²) in [6.45, 7) is 1.58. The first-order valence-electron chi connectivity index (χ1n) is 6.76. The van der Waals surface area contributed by atoms with Crippen molar-refractivity contribution in [1.29, 1.82) is 0 Å². The minimum absolute atomic E-state index is 0.0634. The van der Waals surface area contributed by atoms with E-state index >= 15 is 0 Å². The number of aryl methyl sites for hydroxylation is 1. The summed E-state index contributed by atoms with van der Waals surface area (Å²) in [6.07, 6.45) is 2.81. The zero-order valence-electron chi connectivity index (χ0n) is 12.5. The van der Waals surface area contributed by atoms with Crippen LogP contribution in [0.5, 0.6) is 11.6 Å². The Morgan fingerprint density at radius 3 is 2.91 bits per heavy atom. The van der Waals surface area contributed by atoms with Gasteiger partial charge in [-0.25, -0.2) is 19.0 Å². The average molecular weight is 316 g/mol.